The molecular weight excluding hydrogens is 305 g/mol. The topological polar surface area (TPSA) is 29.5 Å². The highest BCUT2D eigenvalue weighted by atomic mass is 19.1. The lowest BCUT2D eigenvalue weighted by atomic mass is 9.82. The first kappa shape index (κ1) is 15.3. The third-order valence-corrected chi connectivity index (χ3v) is 5.08. The van der Waals surface area contributed by atoms with Crippen LogP contribution in [0.3, 0.4) is 0 Å². The van der Waals surface area contributed by atoms with Crippen molar-refractivity contribution in [1.82, 2.24) is 4.90 Å². The van der Waals surface area contributed by atoms with Crippen LogP contribution in [-0.2, 0) is 6.54 Å². The maximum absolute atomic E-state index is 13.9. The number of piperidine rings is 1. The van der Waals surface area contributed by atoms with Crippen molar-refractivity contribution in [2.45, 2.75) is 31.4 Å². The fraction of sp³-hybridized carbons (Fsp3) is 0.350. The molecule has 0 unspecified atom stereocenters. The number of nitrogens with zero attached hydrogens (tertiary/aromatic N) is 1. The third-order valence-electron chi connectivity index (χ3n) is 5.08. The van der Waals surface area contributed by atoms with Crippen molar-refractivity contribution in [1.29, 1.82) is 0 Å². The normalized spacial score (nSPS) is 19.8. The molecule has 24 heavy (non-hydrogen) atoms. The van der Waals surface area contributed by atoms with Crippen molar-refractivity contribution < 1.29 is 13.9 Å². The molecule has 2 aromatic rings. The van der Waals surface area contributed by atoms with Crippen LogP contribution in [0.15, 0.2) is 48.5 Å². The maximum Gasteiger partial charge on any atom is 0.173 e. The zero-order chi connectivity index (χ0) is 16.6. The Bertz CT molecular complexity index is 751. The number of rotatable bonds is 2. The van der Waals surface area contributed by atoms with Gasteiger partial charge in [-0.15, -0.1) is 0 Å². The summed E-state index contributed by atoms with van der Waals surface area (Å²) in [5.74, 6) is -0.206. The highest BCUT2D eigenvalue weighted by Crippen LogP contribution is 2.40. The highest BCUT2D eigenvalue weighted by molar-refractivity contribution is 6.00. The van der Waals surface area contributed by atoms with E-state index in [2.05, 4.69) is 29.2 Å². The summed E-state index contributed by atoms with van der Waals surface area (Å²) in [6, 6.07) is 15.0. The van der Waals surface area contributed by atoms with Crippen LogP contribution >= 0.6 is 0 Å². The minimum absolute atomic E-state index is 0.120. The average molecular weight is 325 g/mol. The molecule has 0 amide bonds. The minimum Gasteiger partial charge on any atom is -0.486 e. The summed E-state index contributed by atoms with van der Waals surface area (Å²) in [6.45, 7) is 2.68. The van der Waals surface area contributed by atoms with Crippen LogP contribution in [0.25, 0.3) is 0 Å². The Morgan fingerprint density at radius 1 is 1.04 bits per heavy atom. The monoisotopic (exact) mass is 325 g/mol. The summed E-state index contributed by atoms with van der Waals surface area (Å²) in [6.07, 6.45) is 1.86. The van der Waals surface area contributed by atoms with Gasteiger partial charge < -0.3 is 4.74 Å². The van der Waals surface area contributed by atoms with Crippen molar-refractivity contribution in [3.05, 3.63) is 65.5 Å². The molecular formula is C20H20FNO2. The van der Waals surface area contributed by atoms with Gasteiger partial charge in [0.2, 0.25) is 0 Å². The van der Waals surface area contributed by atoms with E-state index < -0.39 is 11.4 Å². The number of hydrogen-bond acceptors (Lipinski definition) is 3. The van der Waals surface area contributed by atoms with E-state index in [1.54, 1.807) is 12.1 Å². The van der Waals surface area contributed by atoms with Crippen molar-refractivity contribution in [2.24, 2.45) is 0 Å². The van der Waals surface area contributed by atoms with E-state index in [0.29, 0.717) is 5.75 Å². The second kappa shape index (κ2) is 6.02. The molecule has 1 fully saturated rings. The quantitative estimate of drug-likeness (QED) is 0.840. The number of likely N-dealkylation sites (tertiary alicyclic amines) is 1. The van der Waals surface area contributed by atoms with Crippen LogP contribution in [0.4, 0.5) is 4.39 Å². The van der Waals surface area contributed by atoms with Gasteiger partial charge in [0, 0.05) is 32.5 Å². The lowest BCUT2D eigenvalue weighted by molar-refractivity contribution is -0.0112. The molecule has 0 bridgehead atoms. The summed E-state index contributed by atoms with van der Waals surface area (Å²) in [5, 5.41) is 0. The van der Waals surface area contributed by atoms with Crippen LogP contribution in [-0.4, -0.2) is 29.4 Å². The minimum atomic E-state index is -0.478. The Balaban J connectivity index is 1.46. The molecule has 0 saturated carbocycles. The smallest absolute Gasteiger partial charge is 0.173 e. The molecule has 124 valence electrons. The molecule has 0 N–H and O–H groups in total. The Morgan fingerprint density at radius 2 is 1.79 bits per heavy atom. The van der Waals surface area contributed by atoms with E-state index in [1.807, 2.05) is 6.07 Å². The number of halogens is 1. The van der Waals surface area contributed by atoms with E-state index in [0.717, 1.165) is 32.5 Å². The number of benzene rings is 2. The standard InChI is InChI=1S/C20H20FNO2/c21-16-7-4-8-18-19(16)17(23)13-20(24-18)9-11-22(12-10-20)14-15-5-2-1-3-6-15/h1-8H,9-14H2. The van der Waals surface area contributed by atoms with E-state index in [4.69, 9.17) is 4.74 Å². The Morgan fingerprint density at radius 3 is 2.54 bits per heavy atom. The fourth-order valence-corrected chi connectivity index (χ4v) is 3.75. The first-order chi connectivity index (χ1) is 11.7. The number of ether oxygens (including phenoxy) is 1. The van der Waals surface area contributed by atoms with Gasteiger partial charge >= 0.3 is 0 Å². The third kappa shape index (κ3) is 2.82. The molecule has 0 aromatic heterocycles. The molecule has 2 heterocycles. The predicted molar refractivity (Wildman–Crippen MR) is 89.7 cm³/mol. The summed E-state index contributed by atoms with van der Waals surface area (Å²) in [7, 11) is 0. The largest absolute Gasteiger partial charge is 0.486 e. The molecule has 1 saturated heterocycles. The number of ketones is 1. The molecule has 3 nitrogen and oxygen atoms in total. The molecule has 4 heteroatoms. The second-order valence-corrected chi connectivity index (χ2v) is 6.76. The van der Waals surface area contributed by atoms with Gasteiger partial charge in [0.15, 0.2) is 5.78 Å². The van der Waals surface area contributed by atoms with Crippen molar-refractivity contribution >= 4 is 5.78 Å². The van der Waals surface area contributed by atoms with Gasteiger partial charge in [-0.1, -0.05) is 36.4 Å². The summed E-state index contributed by atoms with van der Waals surface area (Å²) in [5.41, 5.74) is 0.946. The number of carbonyl (C=O) groups is 1. The fourth-order valence-electron chi connectivity index (χ4n) is 3.75. The number of hydrogen-bond donors (Lipinski definition) is 0. The summed E-state index contributed by atoms with van der Waals surface area (Å²) < 4.78 is 20.0. The zero-order valence-electron chi connectivity index (χ0n) is 13.5. The van der Waals surface area contributed by atoms with Crippen LogP contribution < -0.4 is 4.74 Å². The van der Waals surface area contributed by atoms with Gasteiger partial charge in [-0.3, -0.25) is 9.69 Å². The summed E-state index contributed by atoms with van der Waals surface area (Å²) in [4.78, 5) is 14.8. The molecule has 0 radical (unpaired) electrons. The van der Waals surface area contributed by atoms with Gasteiger partial charge in [0.1, 0.15) is 17.2 Å². The van der Waals surface area contributed by atoms with Gasteiger partial charge in [0.05, 0.1) is 12.0 Å². The maximum atomic E-state index is 13.9. The highest BCUT2D eigenvalue weighted by Gasteiger charge is 2.43. The molecule has 0 atom stereocenters. The van der Waals surface area contributed by atoms with Crippen LogP contribution in [0.5, 0.6) is 5.75 Å². The SMILES string of the molecule is O=C1CC2(CCN(Cc3ccccc3)CC2)Oc2cccc(F)c21. The Labute approximate surface area is 141 Å². The Kier molecular flexibility index (Phi) is 3.85. The van der Waals surface area contributed by atoms with E-state index in [1.165, 1.54) is 11.6 Å². The summed E-state index contributed by atoms with van der Waals surface area (Å²) >= 11 is 0. The second-order valence-electron chi connectivity index (χ2n) is 6.76. The van der Waals surface area contributed by atoms with Crippen molar-refractivity contribution in [3.63, 3.8) is 0 Å². The Hall–Kier alpha value is -2.20. The molecule has 2 aliphatic rings. The lowest BCUT2D eigenvalue weighted by Gasteiger charge is -2.44. The van der Waals surface area contributed by atoms with Crippen molar-refractivity contribution in [2.75, 3.05) is 13.1 Å². The predicted octanol–water partition coefficient (Wildman–Crippen LogP) is 3.83. The number of Topliss-reactive ketones (excluding diaryl/α,β-unsaturated/α-hetero) is 1. The van der Waals surface area contributed by atoms with Gasteiger partial charge in [0.25, 0.3) is 0 Å². The average Bonchev–Trinajstić information content (AvgIpc) is 2.58. The molecule has 2 aromatic carbocycles. The van der Waals surface area contributed by atoms with E-state index in [9.17, 15) is 9.18 Å². The van der Waals surface area contributed by atoms with Gasteiger partial charge in [-0.05, 0) is 17.7 Å². The molecule has 2 aliphatic heterocycles. The van der Waals surface area contributed by atoms with Gasteiger partial charge in [-0.25, -0.2) is 4.39 Å². The van der Waals surface area contributed by atoms with E-state index >= 15 is 0 Å². The van der Waals surface area contributed by atoms with Crippen LogP contribution in [0, 0.1) is 5.82 Å². The number of carbonyl (C=O) groups excluding carboxylic acids is 1. The van der Waals surface area contributed by atoms with Crippen LogP contribution in [0.2, 0.25) is 0 Å². The van der Waals surface area contributed by atoms with Crippen LogP contribution in [0.1, 0.15) is 35.2 Å². The van der Waals surface area contributed by atoms with Crippen molar-refractivity contribution in [3.8, 4) is 5.75 Å². The first-order valence-corrected chi connectivity index (χ1v) is 8.42. The molecule has 4 rings (SSSR count). The van der Waals surface area contributed by atoms with Gasteiger partial charge in [-0.2, -0.15) is 0 Å². The molecule has 1 spiro atoms. The first-order valence-electron chi connectivity index (χ1n) is 8.42. The molecule has 0 aliphatic carbocycles. The number of fused-ring (bicyclic) bond motifs is 1. The zero-order valence-corrected chi connectivity index (χ0v) is 13.5. The van der Waals surface area contributed by atoms with E-state index in [-0.39, 0.29) is 17.8 Å². The lowest BCUT2D eigenvalue weighted by Crippen LogP contribution is -2.50.